The number of aromatic nitrogens is 4. The first-order valence-corrected chi connectivity index (χ1v) is 9.79. The molecule has 28 heavy (non-hydrogen) atoms. The van der Waals surface area contributed by atoms with E-state index in [4.69, 9.17) is 0 Å². The maximum atomic E-state index is 13.2. The molecule has 4 rings (SSSR count). The molecule has 1 fully saturated rings. The van der Waals surface area contributed by atoms with Crippen LogP contribution < -0.4 is 0 Å². The number of carbonyl (C=O) groups is 1. The Morgan fingerprint density at radius 3 is 2.86 bits per heavy atom. The van der Waals surface area contributed by atoms with Crippen molar-refractivity contribution in [3.63, 3.8) is 0 Å². The van der Waals surface area contributed by atoms with Crippen molar-refractivity contribution >= 4 is 17.1 Å². The summed E-state index contributed by atoms with van der Waals surface area (Å²) in [5.41, 5.74) is 3.15. The number of fused-ring (bicyclic) bond motifs is 1. The monoisotopic (exact) mass is 378 g/mol. The number of hydrogen-bond donors (Lipinski definition) is 0. The van der Waals surface area contributed by atoms with Gasteiger partial charge in [0.05, 0.1) is 17.6 Å². The van der Waals surface area contributed by atoms with Crippen LogP contribution >= 0.6 is 0 Å². The van der Waals surface area contributed by atoms with Gasteiger partial charge < -0.3 is 9.47 Å². The molecule has 7 nitrogen and oxygen atoms in total. The smallest absolute Gasteiger partial charge is 0.256 e. The second kappa shape index (κ2) is 8.06. The molecule has 1 saturated heterocycles. The van der Waals surface area contributed by atoms with Gasteiger partial charge in [0.15, 0.2) is 5.65 Å². The Kier molecular flexibility index (Phi) is 5.34. The summed E-state index contributed by atoms with van der Waals surface area (Å²) in [6.45, 7) is 2.37. The molecule has 0 N–H and O–H groups in total. The van der Waals surface area contributed by atoms with Crippen LogP contribution in [0.5, 0.6) is 0 Å². The van der Waals surface area contributed by atoms with Crippen LogP contribution in [-0.2, 0) is 13.6 Å². The predicted molar refractivity (Wildman–Crippen MR) is 108 cm³/mol. The second-order valence-corrected chi connectivity index (χ2v) is 7.50. The van der Waals surface area contributed by atoms with Crippen LogP contribution in [0.25, 0.3) is 11.2 Å². The summed E-state index contributed by atoms with van der Waals surface area (Å²) in [6.07, 6.45) is 8.29. The van der Waals surface area contributed by atoms with E-state index in [1.54, 1.807) is 18.6 Å². The quantitative estimate of drug-likeness (QED) is 0.698. The zero-order valence-electron chi connectivity index (χ0n) is 16.5. The minimum Gasteiger partial charge on any atom is -0.339 e. The highest BCUT2D eigenvalue weighted by atomic mass is 16.2. The van der Waals surface area contributed by atoms with E-state index in [2.05, 4.69) is 33.0 Å². The number of carbonyl (C=O) groups excluding carboxylic acids is 1. The molecule has 1 amide bonds. The van der Waals surface area contributed by atoms with E-state index in [1.807, 2.05) is 34.8 Å². The van der Waals surface area contributed by atoms with Gasteiger partial charge in [-0.25, -0.2) is 9.97 Å². The fourth-order valence-corrected chi connectivity index (χ4v) is 3.97. The summed E-state index contributed by atoms with van der Waals surface area (Å²) >= 11 is 0. The van der Waals surface area contributed by atoms with Gasteiger partial charge in [0.25, 0.3) is 5.91 Å². The van der Waals surface area contributed by atoms with Gasteiger partial charge in [-0.15, -0.1) is 0 Å². The van der Waals surface area contributed by atoms with Crippen molar-refractivity contribution in [1.29, 1.82) is 0 Å². The third kappa shape index (κ3) is 3.75. The Hall–Kier alpha value is -2.80. The number of pyridine rings is 2. The van der Waals surface area contributed by atoms with Crippen LogP contribution in [0.4, 0.5) is 0 Å². The summed E-state index contributed by atoms with van der Waals surface area (Å²) in [6, 6.07) is 8.26. The van der Waals surface area contributed by atoms with Crippen molar-refractivity contribution in [2.75, 3.05) is 20.1 Å². The number of aryl methyl sites for hydroxylation is 1. The lowest BCUT2D eigenvalue weighted by atomic mass is 10.1. The molecule has 1 aliphatic rings. The SMILES string of the molecule is CN(Cc1ccccn1)C1CCCN(C(=O)c2ccnc3c2ncn3C)CC1. The first-order valence-electron chi connectivity index (χ1n) is 9.79. The highest BCUT2D eigenvalue weighted by Crippen LogP contribution is 2.21. The van der Waals surface area contributed by atoms with Gasteiger partial charge in [0, 0.05) is 45.1 Å². The second-order valence-electron chi connectivity index (χ2n) is 7.50. The van der Waals surface area contributed by atoms with Gasteiger partial charge in [-0.05, 0) is 44.5 Å². The number of rotatable bonds is 4. The average molecular weight is 378 g/mol. The standard InChI is InChI=1S/C21H26N6O/c1-25(14-16-6-3-4-10-22-16)17-7-5-12-27(13-9-17)21(28)18-8-11-23-20-19(18)24-15-26(20)2/h3-4,6,8,10-11,15,17H,5,7,9,12-14H2,1-2H3. The third-order valence-electron chi connectivity index (χ3n) is 5.58. The highest BCUT2D eigenvalue weighted by Gasteiger charge is 2.25. The maximum Gasteiger partial charge on any atom is 0.256 e. The van der Waals surface area contributed by atoms with Crippen LogP contribution in [0, 0.1) is 0 Å². The normalized spacial score (nSPS) is 17.8. The number of amides is 1. The minimum absolute atomic E-state index is 0.0547. The van der Waals surface area contributed by atoms with Gasteiger partial charge in [0.2, 0.25) is 0 Å². The van der Waals surface area contributed by atoms with Crippen molar-refractivity contribution in [3.8, 4) is 0 Å². The van der Waals surface area contributed by atoms with Gasteiger partial charge in [0.1, 0.15) is 5.52 Å². The van der Waals surface area contributed by atoms with E-state index in [9.17, 15) is 4.79 Å². The van der Waals surface area contributed by atoms with Crippen molar-refractivity contribution in [2.24, 2.45) is 7.05 Å². The van der Waals surface area contributed by atoms with Gasteiger partial charge in [-0.3, -0.25) is 14.7 Å². The Labute approximate surface area is 165 Å². The molecule has 3 aromatic rings. The molecule has 1 atom stereocenters. The van der Waals surface area contributed by atoms with E-state index in [0.717, 1.165) is 50.2 Å². The number of hydrogen-bond acceptors (Lipinski definition) is 5. The fraction of sp³-hybridized carbons (Fsp3) is 0.429. The first kappa shape index (κ1) is 18.6. The lowest BCUT2D eigenvalue weighted by molar-refractivity contribution is 0.0759. The zero-order valence-corrected chi connectivity index (χ0v) is 16.5. The van der Waals surface area contributed by atoms with Crippen molar-refractivity contribution in [3.05, 3.63) is 54.2 Å². The van der Waals surface area contributed by atoms with Crippen molar-refractivity contribution < 1.29 is 4.79 Å². The highest BCUT2D eigenvalue weighted by molar-refractivity contribution is 6.04. The summed E-state index contributed by atoms with van der Waals surface area (Å²) in [4.78, 5) is 30.7. The molecule has 1 unspecified atom stereocenters. The third-order valence-corrected chi connectivity index (χ3v) is 5.58. The summed E-state index contributed by atoms with van der Waals surface area (Å²) in [7, 11) is 4.04. The molecule has 146 valence electrons. The number of likely N-dealkylation sites (tertiary alicyclic amines) is 1. The molecule has 0 bridgehead atoms. The largest absolute Gasteiger partial charge is 0.339 e. The van der Waals surface area contributed by atoms with Gasteiger partial charge in [-0.1, -0.05) is 6.07 Å². The molecule has 0 aromatic carbocycles. The molecular formula is C21H26N6O. The minimum atomic E-state index is 0.0547. The van der Waals surface area contributed by atoms with E-state index >= 15 is 0 Å². The molecule has 3 aromatic heterocycles. The van der Waals surface area contributed by atoms with Crippen molar-refractivity contribution in [2.45, 2.75) is 31.8 Å². The molecule has 0 spiro atoms. The lowest BCUT2D eigenvalue weighted by Crippen LogP contribution is -2.35. The van der Waals surface area contributed by atoms with Gasteiger partial charge >= 0.3 is 0 Å². The Morgan fingerprint density at radius 1 is 1.14 bits per heavy atom. The molecule has 7 heteroatoms. The Bertz CT molecular complexity index is 954. The van der Waals surface area contributed by atoms with Crippen LogP contribution in [0.1, 0.15) is 35.3 Å². The molecule has 0 aliphatic carbocycles. The molecule has 0 radical (unpaired) electrons. The fourth-order valence-electron chi connectivity index (χ4n) is 3.97. The van der Waals surface area contributed by atoms with E-state index in [-0.39, 0.29) is 5.91 Å². The molecule has 4 heterocycles. The maximum absolute atomic E-state index is 13.2. The topological polar surface area (TPSA) is 67.2 Å². The van der Waals surface area contributed by atoms with E-state index < -0.39 is 0 Å². The average Bonchev–Trinajstić information content (AvgIpc) is 2.94. The number of nitrogens with zero attached hydrogens (tertiary/aromatic N) is 6. The van der Waals surface area contributed by atoms with Gasteiger partial charge in [-0.2, -0.15) is 0 Å². The van der Waals surface area contributed by atoms with Crippen LogP contribution in [0.3, 0.4) is 0 Å². The predicted octanol–water partition coefficient (Wildman–Crippen LogP) is 2.49. The summed E-state index contributed by atoms with van der Waals surface area (Å²) in [5, 5.41) is 0. The van der Waals surface area contributed by atoms with Crippen LogP contribution in [0.15, 0.2) is 43.0 Å². The molecule has 1 aliphatic heterocycles. The van der Waals surface area contributed by atoms with E-state index in [0.29, 0.717) is 17.1 Å². The Morgan fingerprint density at radius 2 is 2.04 bits per heavy atom. The van der Waals surface area contributed by atoms with Crippen molar-refractivity contribution in [1.82, 2.24) is 29.3 Å². The lowest BCUT2D eigenvalue weighted by Gasteiger charge is -2.27. The molecular weight excluding hydrogens is 352 g/mol. The summed E-state index contributed by atoms with van der Waals surface area (Å²) in [5.74, 6) is 0.0547. The van der Waals surface area contributed by atoms with E-state index in [1.165, 1.54) is 0 Å². The number of imidazole rings is 1. The Balaban J connectivity index is 1.44. The summed E-state index contributed by atoms with van der Waals surface area (Å²) < 4.78 is 1.84. The van der Waals surface area contributed by atoms with Crippen LogP contribution in [0.2, 0.25) is 0 Å². The zero-order chi connectivity index (χ0) is 19.5. The van der Waals surface area contributed by atoms with Crippen LogP contribution in [-0.4, -0.2) is 61.4 Å². The molecule has 0 saturated carbocycles. The first-order chi connectivity index (χ1) is 13.6.